The molecule has 1 N–H and O–H groups in total. The molecule has 1 aromatic carbocycles. The number of nitrogens with zero attached hydrogens (tertiary/aromatic N) is 2. The van der Waals surface area contributed by atoms with Crippen molar-refractivity contribution in [2.75, 3.05) is 25.6 Å². The maximum atomic E-state index is 12.9. The Morgan fingerprint density at radius 2 is 2.06 bits per heavy atom. The third-order valence-electron chi connectivity index (χ3n) is 2.52. The number of imidazole rings is 1. The minimum Gasteiger partial charge on any atom is -0.383 e. The minimum absolute atomic E-state index is 0.246. The van der Waals surface area contributed by atoms with Crippen LogP contribution in [-0.4, -0.2) is 29.8 Å². The molecule has 0 radical (unpaired) electrons. The highest BCUT2D eigenvalue weighted by Gasteiger charge is 2.06. The van der Waals surface area contributed by atoms with Crippen molar-refractivity contribution in [3.05, 3.63) is 42.0 Å². The molecule has 5 heteroatoms. The number of benzene rings is 1. The molecule has 0 aliphatic heterocycles. The van der Waals surface area contributed by atoms with E-state index in [0.29, 0.717) is 13.2 Å². The molecule has 96 valence electrons. The second kappa shape index (κ2) is 5.64. The molecule has 2 aromatic rings. The van der Waals surface area contributed by atoms with Gasteiger partial charge in [-0.2, -0.15) is 0 Å². The van der Waals surface area contributed by atoms with Gasteiger partial charge in [-0.3, -0.25) is 4.57 Å². The van der Waals surface area contributed by atoms with Gasteiger partial charge in [0.15, 0.2) is 0 Å². The van der Waals surface area contributed by atoms with Crippen molar-refractivity contribution in [1.82, 2.24) is 9.55 Å². The van der Waals surface area contributed by atoms with Crippen LogP contribution in [0.25, 0.3) is 5.69 Å². The van der Waals surface area contributed by atoms with Crippen molar-refractivity contribution in [3.63, 3.8) is 0 Å². The van der Waals surface area contributed by atoms with Gasteiger partial charge in [0.25, 0.3) is 0 Å². The third kappa shape index (κ3) is 2.87. The van der Waals surface area contributed by atoms with Crippen molar-refractivity contribution in [2.45, 2.75) is 6.92 Å². The lowest BCUT2D eigenvalue weighted by molar-refractivity contribution is 0.210. The molecule has 1 heterocycles. The number of nitrogens with one attached hydrogen (secondary N) is 1. The van der Waals surface area contributed by atoms with E-state index in [4.69, 9.17) is 4.74 Å². The lowest BCUT2D eigenvalue weighted by Gasteiger charge is -2.09. The average molecular weight is 249 g/mol. The highest BCUT2D eigenvalue weighted by atomic mass is 19.1. The van der Waals surface area contributed by atoms with E-state index < -0.39 is 0 Å². The molecule has 0 unspecified atom stereocenters. The predicted octanol–water partition coefficient (Wildman–Crippen LogP) is 2.38. The van der Waals surface area contributed by atoms with Gasteiger partial charge in [-0.15, -0.1) is 0 Å². The van der Waals surface area contributed by atoms with Crippen LogP contribution in [0.3, 0.4) is 0 Å². The Morgan fingerprint density at radius 3 is 2.72 bits per heavy atom. The van der Waals surface area contributed by atoms with Crippen molar-refractivity contribution >= 4 is 5.95 Å². The van der Waals surface area contributed by atoms with Crippen LogP contribution in [-0.2, 0) is 4.74 Å². The highest BCUT2D eigenvalue weighted by molar-refractivity contribution is 5.43. The Bertz CT molecular complexity index is 507. The summed E-state index contributed by atoms with van der Waals surface area (Å²) >= 11 is 0. The number of rotatable bonds is 5. The van der Waals surface area contributed by atoms with Crippen LogP contribution in [0.5, 0.6) is 0 Å². The molecule has 18 heavy (non-hydrogen) atoms. The molecular formula is C13H16FN3O. The maximum absolute atomic E-state index is 12.9. The van der Waals surface area contributed by atoms with Crippen LogP contribution in [0.1, 0.15) is 5.69 Å². The number of hydrogen-bond donors (Lipinski definition) is 1. The molecule has 2 rings (SSSR count). The minimum atomic E-state index is -0.246. The molecule has 1 aromatic heterocycles. The van der Waals surface area contributed by atoms with Gasteiger partial charge in [-0.1, -0.05) is 0 Å². The maximum Gasteiger partial charge on any atom is 0.207 e. The number of ether oxygens (including phenoxy) is 1. The van der Waals surface area contributed by atoms with Crippen LogP contribution in [0.4, 0.5) is 10.3 Å². The van der Waals surface area contributed by atoms with E-state index in [1.165, 1.54) is 12.1 Å². The SMILES string of the molecule is COCCNc1nc(C)cn1-c1ccc(F)cc1. The zero-order chi connectivity index (χ0) is 13.0. The van der Waals surface area contributed by atoms with E-state index in [1.54, 1.807) is 19.2 Å². The molecule has 0 saturated carbocycles. The standard InChI is InChI=1S/C13H16FN3O/c1-10-9-17(12-5-3-11(14)4-6-12)13(16-10)15-7-8-18-2/h3-6,9H,7-8H2,1-2H3,(H,15,16). The van der Waals surface area contributed by atoms with Crippen molar-refractivity contribution in [1.29, 1.82) is 0 Å². The summed E-state index contributed by atoms with van der Waals surface area (Å²) in [6.45, 7) is 3.20. The van der Waals surface area contributed by atoms with Crippen molar-refractivity contribution in [2.24, 2.45) is 0 Å². The lowest BCUT2D eigenvalue weighted by atomic mass is 10.3. The van der Waals surface area contributed by atoms with Gasteiger partial charge >= 0.3 is 0 Å². The fourth-order valence-electron chi connectivity index (χ4n) is 1.69. The van der Waals surface area contributed by atoms with E-state index in [1.807, 2.05) is 17.7 Å². The van der Waals surface area contributed by atoms with Crippen LogP contribution in [0, 0.1) is 12.7 Å². The van der Waals surface area contributed by atoms with E-state index in [2.05, 4.69) is 10.3 Å². The Labute approximate surface area is 105 Å². The van der Waals surface area contributed by atoms with E-state index in [9.17, 15) is 4.39 Å². The van der Waals surface area contributed by atoms with Gasteiger partial charge in [0.2, 0.25) is 5.95 Å². The Kier molecular flexibility index (Phi) is 3.94. The zero-order valence-corrected chi connectivity index (χ0v) is 10.5. The summed E-state index contributed by atoms with van der Waals surface area (Å²) in [7, 11) is 1.65. The first-order valence-corrected chi connectivity index (χ1v) is 5.75. The van der Waals surface area contributed by atoms with Gasteiger partial charge in [0.1, 0.15) is 5.82 Å². The number of anilines is 1. The first-order valence-electron chi connectivity index (χ1n) is 5.75. The summed E-state index contributed by atoms with van der Waals surface area (Å²) in [6, 6.07) is 6.31. The Hall–Kier alpha value is -1.88. The van der Waals surface area contributed by atoms with Crippen LogP contribution in [0.2, 0.25) is 0 Å². The average Bonchev–Trinajstić information content (AvgIpc) is 2.72. The normalized spacial score (nSPS) is 10.6. The molecule has 0 spiro atoms. The largest absolute Gasteiger partial charge is 0.383 e. The van der Waals surface area contributed by atoms with Gasteiger partial charge in [-0.25, -0.2) is 9.37 Å². The molecule has 4 nitrogen and oxygen atoms in total. The first-order chi connectivity index (χ1) is 8.70. The summed E-state index contributed by atoms with van der Waals surface area (Å²) in [5, 5.41) is 3.18. The third-order valence-corrected chi connectivity index (χ3v) is 2.52. The van der Waals surface area contributed by atoms with Gasteiger partial charge in [0, 0.05) is 25.5 Å². The van der Waals surface area contributed by atoms with Crippen molar-refractivity contribution in [3.8, 4) is 5.69 Å². The zero-order valence-electron chi connectivity index (χ0n) is 10.5. The number of aromatic nitrogens is 2. The molecule has 0 atom stereocenters. The summed E-state index contributed by atoms with van der Waals surface area (Å²) < 4.78 is 19.8. The van der Waals surface area contributed by atoms with Crippen LogP contribution >= 0.6 is 0 Å². The molecule has 0 aliphatic rings. The topological polar surface area (TPSA) is 39.1 Å². The molecule has 0 bridgehead atoms. The second-order valence-corrected chi connectivity index (χ2v) is 3.97. The fraction of sp³-hybridized carbons (Fsp3) is 0.308. The van der Waals surface area contributed by atoms with Gasteiger partial charge in [0.05, 0.1) is 12.3 Å². The van der Waals surface area contributed by atoms with E-state index >= 15 is 0 Å². The lowest BCUT2D eigenvalue weighted by Crippen LogP contribution is -2.11. The summed E-state index contributed by atoms with van der Waals surface area (Å²) in [4.78, 5) is 4.38. The van der Waals surface area contributed by atoms with Gasteiger partial charge in [-0.05, 0) is 31.2 Å². The smallest absolute Gasteiger partial charge is 0.207 e. The number of methoxy groups -OCH3 is 1. The summed E-state index contributed by atoms with van der Waals surface area (Å²) in [5.74, 6) is 0.487. The van der Waals surface area contributed by atoms with E-state index in [-0.39, 0.29) is 5.82 Å². The fourth-order valence-corrected chi connectivity index (χ4v) is 1.69. The molecular weight excluding hydrogens is 233 g/mol. The first kappa shape index (κ1) is 12.6. The molecule has 0 amide bonds. The second-order valence-electron chi connectivity index (χ2n) is 3.97. The monoisotopic (exact) mass is 249 g/mol. The summed E-state index contributed by atoms with van der Waals surface area (Å²) in [5.41, 5.74) is 1.77. The van der Waals surface area contributed by atoms with Crippen molar-refractivity contribution < 1.29 is 9.13 Å². The molecule has 0 aliphatic carbocycles. The van der Waals surface area contributed by atoms with Crippen LogP contribution in [0.15, 0.2) is 30.5 Å². The molecule has 0 fully saturated rings. The highest BCUT2D eigenvalue weighted by Crippen LogP contribution is 2.16. The van der Waals surface area contributed by atoms with E-state index in [0.717, 1.165) is 17.3 Å². The predicted molar refractivity (Wildman–Crippen MR) is 68.6 cm³/mol. The van der Waals surface area contributed by atoms with Gasteiger partial charge < -0.3 is 10.1 Å². The van der Waals surface area contributed by atoms with Crippen LogP contribution < -0.4 is 5.32 Å². The Balaban J connectivity index is 2.23. The quantitative estimate of drug-likeness (QED) is 0.827. The summed E-state index contributed by atoms with van der Waals surface area (Å²) in [6.07, 6.45) is 1.91. The Morgan fingerprint density at radius 1 is 1.33 bits per heavy atom. The number of halogens is 1. The number of hydrogen-bond acceptors (Lipinski definition) is 3. The molecule has 0 saturated heterocycles. The number of aryl methyl sites for hydroxylation is 1.